The summed E-state index contributed by atoms with van der Waals surface area (Å²) >= 11 is 5.52. The van der Waals surface area contributed by atoms with E-state index in [1.165, 1.54) is 13.0 Å². The molecule has 0 amide bonds. The minimum atomic E-state index is -4.59. The van der Waals surface area contributed by atoms with Gasteiger partial charge in [-0.05, 0) is 25.1 Å². The molecule has 0 aliphatic rings. The molecule has 2 rings (SSSR count). The number of carbonyl (C=O) groups is 1. The average Bonchev–Trinajstić information content (AvgIpc) is 2.70. The van der Waals surface area contributed by atoms with E-state index in [0.717, 1.165) is 23.0 Å². The predicted octanol–water partition coefficient (Wildman–Crippen LogP) is 3.55. The lowest BCUT2D eigenvalue weighted by atomic mass is 10.2. The first-order valence-corrected chi connectivity index (χ1v) is 5.74. The Morgan fingerprint density at radius 3 is 2.55 bits per heavy atom. The number of hydrogen-bond acceptors (Lipinski definition) is 2. The average molecular weight is 305 g/mol. The highest BCUT2D eigenvalue weighted by Crippen LogP contribution is 2.35. The zero-order valence-corrected chi connectivity index (χ0v) is 10.8. The fourth-order valence-corrected chi connectivity index (χ4v) is 1.97. The lowest BCUT2D eigenvalue weighted by Crippen LogP contribution is -2.08. The van der Waals surface area contributed by atoms with Crippen molar-refractivity contribution in [2.75, 3.05) is 0 Å². The van der Waals surface area contributed by atoms with Gasteiger partial charge < -0.3 is 5.11 Å². The molecule has 0 aliphatic heterocycles. The van der Waals surface area contributed by atoms with Crippen LogP contribution in [0.5, 0.6) is 0 Å². The molecule has 106 valence electrons. The van der Waals surface area contributed by atoms with Gasteiger partial charge in [0.2, 0.25) is 0 Å². The normalized spacial score (nSPS) is 11.7. The second-order valence-corrected chi connectivity index (χ2v) is 4.43. The summed E-state index contributed by atoms with van der Waals surface area (Å²) < 4.78 is 39.4. The highest BCUT2D eigenvalue weighted by atomic mass is 35.5. The second kappa shape index (κ2) is 4.82. The summed E-state index contributed by atoms with van der Waals surface area (Å²) in [5.41, 5.74) is -0.753. The van der Waals surface area contributed by atoms with Gasteiger partial charge in [-0.2, -0.15) is 18.3 Å². The smallest absolute Gasteiger partial charge is 0.417 e. The van der Waals surface area contributed by atoms with E-state index in [0.29, 0.717) is 0 Å². The molecular formula is C12H8ClF3N2O2. The molecule has 1 aromatic carbocycles. The van der Waals surface area contributed by atoms with Gasteiger partial charge in [-0.1, -0.05) is 11.6 Å². The van der Waals surface area contributed by atoms with E-state index in [2.05, 4.69) is 5.10 Å². The monoisotopic (exact) mass is 304 g/mol. The molecule has 20 heavy (non-hydrogen) atoms. The van der Waals surface area contributed by atoms with E-state index in [-0.39, 0.29) is 16.9 Å². The van der Waals surface area contributed by atoms with Crippen molar-refractivity contribution in [2.45, 2.75) is 13.1 Å². The molecule has 0 aliphatic carbocycles. The number of rotatable bonds is 2. The number of aromatic carboxylic acids is 1. The molecule has 0 radical (unpaired) electrons. The van der Waals surface area contributed by atoms with Gasteiger partial charge in [-0.15, -0.1) is 0 Å². The minimum Gasteiger partial charge on any atom is -0.478 e. The maximum atomic E-state index is 12.8. The Morgan fingerprint density at radius 2 is 2.05 bits per heavy atom. The summed E-state index contributed by atoms with van der Waals surface area (Å²) in [4.78, 5) is 10.9. The fourth-order valence-electron chi connectivity index (χ4n) is 1.74. The van der Waals surface area contributed by atoms with Crippen molar-refractivity contribution >= 4 is 17.6 Å². The third kappa shape index (κ3) is 2.49. The van der Waals surface area contributed by atoms with Crippen LogP contribution in [0.2, 0.25) is 5.02 Å². The summed E-state index contributed by atoms with van der Waals surface area (Å²) in [7, 11) is 0. The van der Waals surface area contributed by atoms with Gasteiger partial charge in [-0.25, -0.2) is 9.48 Å². The molecule has 8 heteroatoms. The van der Waals surface area contributed by atoms with Crippen molar-refractivity contribution in [1.82, 2.24) is 9.78 Å². The Hall–Kier alpha value is -2.02. The van der Waals surface area contributed by atoms with Crippen molar-refractivity contribution in [1.29, 1.82) is 0 Å². The van der Waals surface area contributed by atoms with Gasteiger partial charge in [0.05, 0.1) is 28.2 Å². The lowest BCUT2D eigenvalue weighted by molar-refractivity contribution is -0.137. The Labute approximate surface area is 116 Å². The Kier molecular flexibility index (Phi) is 3.47. The standard InChI is InChI=1S/C12H8ClF3N2O2/c1-6-8(11(19)20)5-17-18(6)7-2-3-10(13)9(4-7)12(14,15)16/h2-5H,1H3,(H,19,20). The zero-order chi connectivity index (χ0) is 15.1. The maximum absolute atomic E-state index is 12.8. The Morgan fingerprint density at radius 1 is 1.40 bits per heavy atom. The van der Waals surface area contributed by atoms with Gasteiger partial charge in [0.1, 0.15) is 5.56 Å². The summed E-state index contributed by atoms with van der Waals surface area (Å²) in [6, 6.07) is 3.26. The molecule has 1 N–H and O–H groups in total. The number of alkyl halides is 3. The lowest BCUT2D eigenvalue weighted by Gasteiger charge is -2.12. The largest absolute Gasteiger partial charge is 0.478 e. The van der Waals surface area contributed by atoms with E-state index >= 15 is 0 Å². The van der Waals surface area contributed by atoms with Gasteiger partial charge in [0.15, 0.2) is 0 Å². The molecule has 0 unspecified atom stereocenters. The third-order valence-corrected chi connectivity index (χ3v) is 3.07. The summed E-state index contributed by atoms with van der Waals surface area (Å²) in [5.74, 6) is -1.20. The molecule has 0 spiro atoms. The van der Waals surface area contributed by atoms with Crippen LogP contribution in [-0.4, -0.2) is 20.9 Å². The maximum Gasteiger partial charge on any atom is 0.417 e. The van der Waals surface area contributed by atoms with Crippen LogP contribution in [-0.2, 0) is 6.18 Å². The van der Waals surface area contributed by atoms with Gasteiger partial charge >= 0.3 is 12.1 Å². The molecule has 2 aromatic rings. The van der Waals surface area contributed by atoms with Crippen molar-refractivity contribution in [2.24, 2.45) is 0 Å². The van der Waals surface area contributed by atoms with E-state index < -0.39 is 22.7 Å². The van der Waals surface area contributed by atoms with Crippen molar-refractivity contribution in [3.8, 4) is 5.69 Å². The van der Waals surface area contributed by atoms with Crippen LogP contribution in [0.3, 0.4) is 0 Å². The third-order valence-electron chi connectivity index (χ3n) is 2.74. The quantitative estimate of drug-likeness (QED) is 0.923. The van der Waals surface area contributed by atoms with Crippen LogP contribution in [0.25, 0.3) is 5.69 Å². The van der Waals surface area contributed by atoms with Crippen LogP contribution in [0, 0.1) is 6.92 Å². The number of aromatic nitrogens is 2. The summed E-state index contributed by atoms with van der Waals surface area (Å²) in [6.45, 7) is 1.46. The summed E-state index contributed by atoms with van der Waals surface area (Å²) in [5, 5.41) is 12.3. The van der Waals surface area contributed by atoms with Crippen LogP contribution < -0.4 is 0 Å². The first kappa shape index (κ1) is 14.4. The molecule has 0 saturated heterocycles. The highest BCUT2D eigenvalue weighted by molar-refractivity contribution is 6.31. The second-order valence-electron chi connectivity index (χ2n) is 4.02. The van der Waals surface area contributed by atoms with Crippen molar-refractivity contribution in [3.63, 3.8) is 0 Å². The number of carboxylic acids is 1. The molecule has 0 bridgehead atoms. The number of nitrogens with zero attached hydrogens (tertiary/aromatic N) is 2. The first-order chi connectivity index (χ1) is 9.21. The van der Waals surface area contributed by atoms with E-state index in [1.54, 1.807) is 0 Å². The zero-order valence-electron chi connectivity index (χ0n) is 10.1. The van der Waals surface area contributed by atoms with Crippen molar-refractivity contribution in [3.05, 3.63) is 46.2 Å². The van der Waals surface area contributed by atoms with Gasteiger partial charge in [0, 0.05) is 0 Å². The van der Waals surface area contributed by atoms with Gasteiger partial charge in [0.25, 0.3) is 0 Å². The molecule has 4 nitrogen and oxygen atoms in total. The molecule has 1 aromatic heterocycles. The molecular weight excluding hydrogens is 297 g/mol. The Bertz CT molecular complexity index is 680. The van der Waals surface area contributed by atoms with Crippen molar-refractivity contribution < 1.29 is 23.1 Å². The molecule has 1 heterocycles. The van der Waals surface area contributed by atoms with Crippen LogP contribution in [0.4, 0.5) is 13.2 Å². The van der Waals surface area contributed by atoms with E-state index in [4.69, 9.17) is 16.7 Å². The van der Waals surface area contributed by atoms with E-state index in [1.807, 2.05) is 0 Å². The molecule has 0 saturated carbocycles. The molecule has 0 fully saturated rings. The SMILES string of the molecule is Cc1c(C(=O)O)cnn1-c1ccc(Cl)c(C(F)(F)F)c1. The van der Waals surface area contributed by atoms with Gasteiger partial charge in [-0.3, -0.25) is 0 Å². The highest BCUT2D eigenvalue weighted by Gasteiger charge is 2.33. The Balaban J connectivity index is 2.57. The first-order valence-electron chi connectivity index (χ1n) is 5.37. The number of hydrogen-bond donors (Lipinski definition) is 1. The van der Waals surface area contributed by atoms with Crippen LogP contribution in [0.1, 0.15) is 21.6 Å². The fraction of sp³-hybridized carbons (Fsp3) is 0.167. The minimum absolute atomic E-state index is 0.0755. The van der Waals surface area contributed by atoms with Crippen LogP contribution in [0.15, 0.2) is 24.4 Å². The van der Waals surface area contributed by atoms with Crippen LogP contribution >= 0.6 is 11.6 Å². The predicted molar refractivity (Wildman–Crippen MR) is 65.3 cm³/mol. The van der Waals surface area contributed by atoms with E-state index in [9.17, 15) is 18.0 Å². The topological polar surface area (TPSA) is 55.1 Å². The number of carboxylic acid groups (broad SMARTS) is 1. The number of halogens is 4. The molecule has 0 atom stereocenters. The number of benzene rings is 1. The summed E-state index contributed by atoms with van der Waals surface area (Å²) in [6.07, 6.45) is -3.51.